The lowest BCUT2D eigenvalue weighted by molar-refractivity contribution is 0.531. The van der Waals surface area contributed by atoms with Crippen LogP contribution in [-0.4, -0.2) is 32.7 Å². The molecular weight excluding hydrogens is 361 g/mol. The van der Waals surface area contributed by atoms with Gasteiger partial charge in [-0.15, -0.1) is 11.8 Å². The number of hydrogen-bond donors (Lipinski definition) is 2. The minimum atomic E-state index is -0.277. The molecule has 0 spiro atoms. The van der Waals surface area contributed by atoms with Crippen molar-refractivity contribution in [1.82, 2.24) is 19.7 Å². The van der Waals surface area contributed by atoms with Gasteiger partial charge in [-0.2, -0.15) is 0 Å². The molecule has 4 rings (SSSR count). The van der Waals surface area contributed by atoms with E-state index in [4.69, 9.17) is 4.98 Å². The summed E-state index contributed by atoms with van der Waals surface area (Å²) in [6.45, 7) is 6.40. The van der Waals surface area contributed by atoms with Crippen LogP contribution in [0.3, 0.4) is 0 Å². The minimum Gasteiger partial charge on any atom is -0.337 e. The molecule has 1 saturated heterocycles. The zero-order valence-electron chi connectivity index (χ0n) is 15.6. The molecule has 7 heteroatoms. The van der Waals surface area contributed by atoms with Gasteiger partial charge in [0.2, 0.25) is 0 Å². The van der Waals surface area contributed by atoms with E-state index in [9.17, 15) is 4.39 Å². The number of nitrogens with one attached hydrogen (secondary N) is 2. The van der Waals surface area contributed by atoms with Gasteiger partial charge in [-0.25, -0.2) is 14.4 Å². The lowest BCUT2D eigenvalue weighted by atomic mass is 10.1. The summed E-state index contributed by atoms with van der Waals surface area (Å²) < 4.78 is 15.7. The van der Waals surface area contributed by atoms with E-state index >= 15 is 0 Å². The van der Waals surface area contributed by atoms with Gasteiger partial charge >= 0.3 is 0 Å². The van der Waals surface area contributed by atoms with Crippen molar-refractivity contribution in [3.63, 3.8) is 0 Å². The molecule has 1 unspecified atom stereocenters. The van der Waals surface area contributed by atoms with E-state index in [1.807, 2.05) is 12.3 Å². The molecule has 1 fully saturated rings. The highest BCUT2D eigenvalue weighted by Crippen LogP contribution is 2.31. The van der Waals surface area contributed by atoms with Crippen molar-refractivity contribution in [1.29, 1.82) is 0 Å². The number of nitrogens with zero attached hydrogens (tertiary/aromatic N) is 3. The Bertz CT molecular complexity index is 933. The van der Waals surface area contributed by atoms with Crippen molar-refractivity contribution < 1.29 is 4.39 Å². The zero-order chi connectivity index (χ0) is 18.8. The number of imidazole rings is 1. The summed E-state index contributed by atoms with van der Waals surface area (Å²) in [7, 11) is 0. The van der Waals surface area contributed by atoms with Gasteiger partial charge in [0, 0.05) is 35.6 Å². The fourth-order valence-electron chi connectivity index (χ4n) is 3.35. The first-order valence-electron chi connectivity index (χ1n) is 9.38. The smallest absolute Gasteiger partial charge is 0.180 e. The third-order valence-corrected chi connectivity index (χ3v) is 5.89. The molecule has 27 heavy (non-hydrogen) atoms. The van der Waals surface area contributed by atoms with Crippen molar-refractivity contribution in [3.8, 4) is 0 Å². The molecule has 1 aliphatic heterocycles. The molecule has 1 atom stereocenters. The highest BCUT2D eigenvalue weighted by Gasteiger charge is 2.18. The monoisotopic (exact) mass is 385 g/mol. The van der Waals surface area contributed by atoms with Gasteiger partial charge < -0.3 is 10.6 Å². The van der Waals surface area contributed by atoms with Gasteiger partial charge in [-0.05, 0) is 43.5 Å². The number of fused-ring (bicyclic) bond motifs is 1. The molecule has 1 aromatic carbocycles. The van der Waals surface area contributed by atoms with E-state index in [1.54, 1.807) is 17.8 Å². The largest absolute Gasteiger partial charge is 0.337 e. The Morgan fingerprint density at radius 3 is 3.00 bits per heavy atom. The Balaban J connectivity index is 1.73. The second-order valence-electron chi connectivity index (χ2n) is 7.18. The topological polar surface area (TPSA) is 54.2 Å². The Labute approximate surface area is 162 Å². The number of piperidine rings is 1. The molecule has 3 heterocycles. The molecule has 3 aromatic rings. The second-order valence-corrected chi connectivity index (χ2v) is 8.50. The Hall–Kier alpha value is -2.12. The fourth-order valence-corrected chi connectivity index (χ4v) is 4.48. The van der Waals surface area contributed by atoms with Crippen molar-refractivity contribution in [2.24, 2.45) is 0 Å². The van der Waals surface area contributed by atoms with Crippen molar-refractivity contribution in [2.75, 3.05) is 18.4 Å². The Kier molecular flexibility index (Phi) is 5.31. The summed E-state index contributed by atoms with van der Waals surface area (Å²) >= 11 is 1.79. The number of halogens is 1. The van der Waals surface area contributed by atoms with Gasteiger partial charge in [0.1, 0.15) is 10.8 Å². The molecule has 1 aliphatic rings. The van der Waals surface area contributed by atoms with Crippen molar-refractivity contribution in [2.45, 2.75) is 42.9 Å². The number of thioether (sulfide) groups is 1. The van der Waals surface area contributed by atoms with Crippen LogP contribution in [0.2, 0.25) is 0 Å². The number of aromatic nitrogens is 3. The van der Waals surface area contributed by atoms with E-state index in [1.165, 1.54) is 25.0 Å². The van der Waals surface area contributed by atoms with Crippen LogP contribution < -0.4 is 10.6 Å². The van der Waals surface area contributed by atoms with E-state index in [2.05, 4.69) is 40.1 Å². The molecule has 2 aromatic heterocycles. The quantitative estimate of drug-likeness (QED) is 0.673. The number of benzene rings is 1. The minimum absolute atomic E-state index is 0.277. The van der Waals surface area contributed by atoms with Crippen LogP contribution in [0.15, 0.2) is 41.7 Å². The maximum atomic E-state index is 13.6. The zero-order valence-corrected chi connectivity index (χ0v) is 16.4. The first-order chi connectivity index (χ1) is 13.1. The first-order valence-corrected chi connectivity index (χ1v) is 10.3. The highest BCUT2D eigenvalue weighted by molar-refractivity contribution is 7.99. The average Bonchev–Trinajstić information content (AvgIpc) is 3.07. The molecule has 0 amide bonds. The van der Waals surface area contributed by atoms with Gasteiger partial charge in [0.25, 0.3) is 0 Å². The van der Waals surface area contributed by atoms with Crippen molar-refractivity contribution >= 4 is 28.9 Å². The summed E-state index contributed by atoms with van der Waals surface area (Å²) in [5, 5.41) is 8.17. The molecule has 0 bridgehead atoms. The SMILES string of the molecule is CC(C)c1cnc2c(Nc3cccc(F)c3)nc(SC3CCCNC3)cn12. The van der Waals surface area contributed by atoms with Gasteiger partial charge in [-0.3, -0.25) is 4.40 Å². The summed E-state index contributed by atoms with van der Waals surface area (Å²) in [4.78, 5) is 9.38. The van der Waals surface area contributed by atoms with Gasteiger partial charge in [-0.1, -0.05) is 19.9 Å². The fraction of sp³-hybridized carbons (Fsp3) is 0.400. The highest BCUT2D eigenvalue weighted by atomic mass is 32.2. The van der Waals surface area contributed by atoms with Crippen LogP contribution in [0.25, 0.3) is 5.65 Å². The summed E-state index contributed by atoms with van der Waals surface area (Å²) in [5.41, 5.74) is 2.56. The Morgan fingerprint density at radius 1 is 1.37 bits per heavy atom. The van der Waals surface area contributed by atoms with E-state index in [0.29, 0.717) is 22.7 Å². The standard InChI is InChI=1S/C20H24FN5S/c1-13(2)17-11-23-20-19(24-15-6-3-5-14(21)9-15)25-18(12-26(17)20)27-16-7-4-8-22-10-16/h3,5-6,9,11-13,16,22H,4,7-8,10H2,1-2H3,(H,24,25). The maximum absolute atomic E-state index is 13.6. The van der Waals surface area contributed by atoms with Crippen LogP contribution in [0.4, 0.5) is 15.9 Å². The number of anilines is 2. The lowest BCUT2D eigenvalue weighted by Gasteiger charge is -2.22. The first kappa shape index (κ1) is 18.3. The average molecular weight is 386 g/mol. The van der Waals surface area contributed by atoms with Gasteiger partial charge in [0.05, 0.1) is 0 Å². The predicted octanol–water partition coefficient (Wildman–Crippen LogP) is 4.58. The molecule has 0 saturated carbocycles. The molecule has 2 N–H and O–H groups in total. The molecule has 0 aliphatic carbocycles. The van der Waals surface area contributed by atoms with Crippen LogP contribution in [0, 0.1) is 5.82 Å². The van der Waals surface area contributed by atoms with Crippen LogP contribution >= 0.6 is 11.8 Å². The third-order valence-electron chi connectivity index (χ3n) is 4.72. The molecule has 0 radical (unpaired) electrons. The number of rotatable bonds is 5. The maximum Gasteiger partial charge on any atom is 0.180 e. The van der Waals surface area contributed by atoms with Crippen LogP contribution in [0.1, 0.15) is 38.3 Å². The summed E-state index contributed by atoms with van der Waals surface area (Å²) in [6, 6.07) is 6.42. The van der Waals surface area contributed by atoms with E-state index in [-0.39, 0.29) is 5.82 Å². The predicted molar refractivity (Wildman–Crippen MR) is 109 cm³/mol. The van der Waals surface area contributed by atoms with E-state index < -0.39 is 0 Å². The number of hydrogen-bond acceptors (Lipinski definition) is 5. The molecule has 142 valence electrons. The van der Waals surface area contributed by atoms with Gasteiger partial charge in [0.15, 0.2) is 11.5 Å². The lowest BCUT2D eigenvalue weighted by Crippen LogP contribution is -2.31. The third kappa shape index (κ3) is 4.09. The summed E-state index contributed by atoms with van der Waals surface area (Å²) in [6.07, 6.45) is 6.35. The van der Waals surface area contributed by atoms with Crippen LogP contribution in [-0.2, 0) is 0 Å². The summed E-state index contributed by atoms with van der Waals surface area (Å²) in [5.74, 6) is 0.723. The molecular formula is C20H24FN5S. The van der Waals surface area contributed by atoms with Crippen LogP contribution in [0.5, 0.6) is 0 Å². The normalized spacial score (nSPS) is 17.6. The van der Waals surface area contributed by atoms with Crippen molar-refractivity contribution in [3.05, 3.63) is 48.2 Å². The van der Waals surface area contributed by atoms with E-state index in [0.717, 1.165) is 29.5 Å². The Morgan fingerprint density at radius 2 is 2.26 bits per heavy atom. The second kappa shape index (κ2) is 7.86. The molecule has 5 nitrogen and oxygen atoms in total.